The molecule has 0 bridgehead atoms. The predicted octanol–water partition coefficient (Wildman–Crippen LogP) is 0.0442. The van der Waals surface area contributed by atoms with Crippen molar-refractivity contribution < 1.29 is 40.2 Å². The van der Waals surface area contributed by atoms with Gasteiger partial charge in [-0.3, -0.25) is 4.98 Å². The number of nitrogens with zero attached hydrogens (tertiary/aromatic N) is 3. The quantitative estimate of drug-likeness (QED) is 0.599. The summed E-state index contributed by atoms with van der Waals surface area (Å²) < 4.78 is 0. The summed E-state index contributed by atoms with van der Waals surface area (Å²) in [6.45, 7) is 5.99. The van der Waals surface area contributed by atoms with Crippen molar-refractivity contribution in [1.82, 2.24) is 4.98 Å². The van der Waals surface area contributed by atoms with Crippen molar-refractivity contribution in [3.63, 3.8) is 0 Å². The van der Waals surface area contributed by atoms with Gasteiger partial charge in [0.05, 0.1) is 23.6 Å². The van der Waals surface area contributed by atoms with Crippen LogP contribution in [0.3, 0.4) is 0 Å². The summed E-state index contributed by atoms with van der Waals surface area (Å²) in [5.41, 5.74) is 3.41. The van der Waals surface area contributed by atoms with Gasteiger partial charge in [0.15, 0.2) is 0 Å². The monoisotopic (exact) mass is 447 g/mol. The molecule has 1 aliphatic heterocycles. The molecule has 0 unspecified atom stereocenters. The SMILES string of the molecule is CC(=O)[O-].CC(=O)[O-].CN1[C]N(Cc2ccccn2)c2ccccc21.[Pd+2]. The van der Waals surface area contributed by atoms with Crippen LogP contribution in [0.25, 0.3) is 0 Å². The van der Waals surface area contributed by atoms with Crippen molar-refractivity contribution in [2.45, 2.75) is 20.4 Å². The Morgan fingerprint density at radius 3 is 2.00 bits per heavy atom. The van der Waals surface area contributed by atoms with Crippen LogP contribution in [-0.4, -0.2) is 24.0 Å². The van der Waals surface area contributed by atoms with Crippen LogP contribution in [0.1, 0.15) is 19.5 Å². The molecule has 1 aliphatic rings. The van der Waals surface area contributed by atoms with Crippen LogP contribution < -0.4 is 20.0 Å². The maximum atomic E-state index is 8.89. The summed E-state index contributed by atoms with van der Waals surface area (Å²) in [6.07, 6.45) is 1.82. The molecule has 0 fully saturated rings. The zero-order chi connectivity index (χ0) is 18.8. The van der Waals surface area contributed by atoms with E-state index in [2.05, 4.69) is 28.7 Å². The number of benzene rings is 1. The Balaban J connectivity index is 0.000000596. The third kappa shape index (κ3) is 8.61. The number of carbonyl (C=O) groups is 2. The van der Waals surface area contributed by atoms with Gasteiger partial charge in [0, 0.05) is 25.2 Å². The first-order chi connectivity index (χ1) is 11.8. The number of aromatic nitrogens is 1. The third-order valence-corrected chi connectivity index (χ3v) is 2.85. The van der Waals surface area contributed by atoms with Crippen molar-refractivity contribution in [2.24, 2.45) is 0 Å². The molecule has 1 aromatic carbocycles. The molecular weight excluding hydrogens is 429 g/mol. The van der Waals surface area contributed by atoms with Gasteiger partial charge in [-0.25, -0.2) is 0 Å². The molecule has 7 nitrogen and oxygen atoms in total. The fraction of sp³-hybridized carbons (Fsp3) is 0.222. The first-order valence-electron chi connectivity index (χ1n) is 7.43. The molecule has 2 radical (unpaired) electrons. The molecular formula is C18H19N3O4Pd. The number of aliphatic carboxylic acids is 2. The van der Waals surface area contributed by atoms with Crippen molar-refractivity contribution >= 4 is 23.3 Å². The van der Waals surface area contributed by atoms with E-state index in [1.165, 1.54) is 11.4 Å². The van der Waals surface area contributed by atoms with Gasteiger partial charge >= 0.3 is 20.4 Å². The second-order valence-corrected chi connectivity index (χ2v) is 5.04. The van der Waals surface area contributed by atoms with Crippen molar-refractivity contribution in [3.8, 4) is 0 Å². The van der Waals surface area contributed by atoms with Crippen LogP contribution in [-0.2, 0) is 36.6 Å². The summed E-state index contributed by atoms with van der Waals surface area (Å²) in [5.74, 6) is -2.17. The van der Waals surface area contributed by atoms with E-state index in [1.807, 2.05) is 48.5 Å². The standard InChI is InChI=1S/C14H13N3.2C2H4O2.Pd/c1-16-11-17(10-12-6-4-5-9-15-12)14-8-3-2-7-13(14)16;2*1-2(3)4;/h2-9H,10H2,1H3;2*1H3,(H,3,4);/q;;;+2/p-2. The van der Waals surface area contributed by atoms with E-state index in [9.17, 15) is 0 Å². The summed E-state index contributed by atoms with van der Waals surface area (Å²) >= 11 is 0. The Morgan fingerprint density at radius 2 is 1.50 bits per heavy atom. The average molecular weight is 448 g/mol. The molecule has 0 saturated heterocycles. The summed E-state index contributed by atoms with van der Waals surface area (Å²) in [7, 11) is 2.01. The number of rotatable bonds is 2. The largest absolute Gasteiger partial charge is 2.00 e. The molecule has 2 heterocycles. The van der Waals surface area contributed by atoms with E-state index < -0.39 is 11.9 Å². The Labute approximate surface area is 166 Å². The second-order valence-electron chi connectivity index (χ2n) is 5.04. The van der Waals surface area contributed by atoms with Gasteiger partial charge in [0.2, 0.25) is 6.67 Å². The van der Waals surface area contributed by atoms with Crippen LogP contribution >= 0.6 is 0 Å². The van der Waals surface area contributed by atoms with Gasteiger partial charge in [-0.2, -0.15) is 0 Å². The van der Waals surface area contributed by atoms with E-state index in [1.54, 1.807) is 0 Å². The maximum Gasteiger partial charge on any atom is 2.00 e. The Kier molecular flexibility index (Phi) is 10.9. The van der Waals surface area contributed by atoms with Gasteiger partial charge in [-0.15, -0.1) is 0 Å². The van der Waals surface area contributed by atoms with Gasteiger partial charge in [0.25, 0.3) is 0 Å². The minimum absolute atomic E-state index is 0. The fourth-order valence-corrected chi connectivity index (χ4v) is 2.04. The number of carboxylic acids is 2. The van der Waals surface area contributed by atoms with Crippen LogP contribution in [0.4, 0.5) is 11.4 Å². The Bertz CT molecular complexity index is 678. The fourth-order valence-electron chi connectivity index (χ4n) is 2.04. The summed E-state index contributed by atoms with van der Waals surface area (Å²) in [4.78, 5) is 26.2. The van der Waals surface area contributed by atoms with Crippen LogP contribution in [0.5, 0.6) is 0 Å². The molecule has 0 aliphatic carbocycles. The molecule has 3 rings (SSSR count). The molecule has 1 aromatic heterocycles. The zero-order valence-electron chi connectivity index (χ0n) is 14.6. The van der Waals surface area contributed by atoms with E-state index in [0.29, 0.717) is 0 Å². The van der Waals surface area contributed by atoms with Gasteiger partial charge in [-0.1, -0.05) is 18.2 Å². The second kappa shape index (κ2) is 12.0. The first kappa shape index (κ1) is 23.6. The molecule has 26 heavy (non-hydrogen) atoms. The molecule has 0 spiro atoms. The Hall–Kier alpha value is -2.43. The molecule has 0 amide bonds. The number of fused-ring (bicyclic) bond motifs is 1. The average Bonchev–Trinajstić information content (AvgIpc) is 2.84. The van der Waals surface area contributed by atoms with Crippen LogP contribution in [0.15, 0.2) is 48.7 Å². The topological polar surface area (TPSA) is 99.6 Å². The molecule has 0 atom stereocenters. The number of carbonyl (C=O) groups excluding carboxylic acids is 2. The molecule has 140 valence electrons. The van der Waals surface area contributed by atoms with Crippen molar-refractivity contribution in [3.05, 3.63) is 61.0 Å². The van der Waals surface area contributed by atoms with E-state index in [4.69, 9.17) is 19.8 Å². The minimum atomic E-state index is -1.08. The van der Waals surface area contributed by atoms with E-state index in [0.717, 1.165) is 26.1 Å². The molecule has 0 N–H and O–H groups in total. The number of para-hydroxylation sites is 2. The number of anilines is 2. The Morgan fingerprint density at radius 1 is 1.00 bits per heavy atom. The van der Waals surface area contributed by atoms with E-state index in [-0.39, 0.29) is 20.4 Å². The number of hydrogen-bond donors (Lipinski definition) is 0. The number of hydrogen-bond acceptors (Lipinski definition) is 7. The molecule has 2 aromatic rings. The van der Waals surface area contributed by atoms with Gasteiger partial charge in [0.1, 0.15) is 0 Å². The maximum absolute atomic E-state index is 8.89. The van der Waals surface area contributed by atoms with E-state index >= 15 is 0 Å². The first-order valence-corrected chi connectivity index (χ1v) is 7.43. The van der Waals surface area contributed by atoms with Crippen LogP contribution in [0.2, 0.25) is 0 Å². The van der Waals surface area contributed by atoms with Crippen molar-refractivity contribution in [1.29, 1.82) is 0 Å². The predicted molar refractivity (Wildman–Crippen MR) is 89.9 cm³/mol. The zero-order valence-corrected chi connectivity index (χ0v) is 16.2. The number of carboxylic acid groups (broad SMARTS) is 2. The smallest absolute Gasteiger partial charge is 0.550 e. The normalized spacial score (nSPS) is 11.0. The van der Waals surface area contributed by atoms with Crippen LogP contribution in [0, 0.1) is 6.67 Å². The number of pyridine rings is 1. The van der Waals surface area contributed by atoms with Gasteiger partial charge in [-0.05, 0) is 38.1 Å². The summed E-state index contributed by atoms with van der Waals surface area (Å²) in [5, 5.41) is 17.8. The van der Waals surface area contributed by atoms with Gasteiger partial charge < -0.3 is 29.6 Å². The summed E-state index contributed by atoms with van der Waals surface area (Å²) in [6, 6.07) is 14.3. The van der Waals surface area contributed by atoms with Crippen molar-refractivity contribution in [2.75, 3.05) is 16.8 Å². The molecule has 8 heteroatoms. The third-order valence-electron chi connectivity index (χ3n) is 2.85. The molecule has 0 saturated carbocycles. The minimum Gasteiger partial charge on any atom is -0.550 e.